The molecule has 0 bridgehead atoms. The molecule has 0 radical (unpaired) electrons. The van der Waals surface area contributed by atoms with Gasteiger partial charge in [-0.25, -0.2) is 0 Å². The molecule has 4 aliphatic rings. The van der Waals surface area contributed by atoms with Crippen LogP contribution in [0.5, 0.6) is 0 Å². The molecule has 504 valence electrons. The number of nitrogens with zero attached hydrogens (tertiary/aromatic N) is 1. The zero-order chi connectivity index (χ0) is 67.6. The van der Waals surface area contributed by atoms with Crippen molar-refractivity contribution in [3.63, 3.8) is 0 Å². The minimum absolute atomic E-state index is 0.143. The Labute approximate surface area is 590 Å². The minimum Gasteiger partial charge on any atom is -0.456 e. The zero-order valence-corrected chi connectivity index (χ0v) is 60.6. The lowest BCUT2D eigenvalue weighted by Gasteiger charge is -2.40. The molecule has 0 N–H and O–H groups in total. The highest BCUT2D eigenvalue weighted by molar-refractivity contribution is 6.21. The van der Waals surface area contributed by atoms with Crippen molar-refractivity contribution in [2.75, 3.05) is 4.90 Å². The number of hydrogen-bond acceptors (Lipinski definition) is 3. The molecule has 10 aromatic carbocycles. The van der Waals surface area contributed by atoms with Crippen molar-refractivity contribution in [1.82, 2.24) is 0 Å². The summed E-state index contributed by atoms with van der Waals surface area (Å²) in [6.07, 6.45) is 29.8. The quantitative estimate of drug-likeness (QED) is 0.0458. The van der Waals surface area contributed by atoms with Crippen molar-refractivity contribution in [2.24, 2.45) is 0 Å². The standard InChI is InChI=1S/C96H103NO2/c1-9-13-17-21-36-56-95(57-37-22-18-14-10-2)75-46-32-28-43-69(75)87-88-72-45-31-35-49-83(72)99-92(88)89-70-53-51-66(61-80(70)96(91(89)90(87)95,58-38-23-19-15-11-3)59-39-24-20-16-12-4)97(81-47-33-29-42-67(81)64-40-26-25-27-41-64)65-50-52-68-73-62-79-74(63-78(73)94(7,8)77(68)60-65)85-76(93(79,5)6)54-55-84-86(85)71-44-30-34-48-82(71)98-84/h25-35,40-55,60-63H,9-24,36-39,56-59H2,1-8H3. The SMILES string of the molecule is CCCCCCCC1(CCCCCCC)c2cc(N(c3ccc4c(c3)C(C)(C)c3cc5c(cc3-4)C(C)(C)c3ccc4oc6ccccc6c4c3-5)c3ccccc3-c3ccccc3)ccc2-c2c1c1c(c3c2oc2ccccc23)-c2ccccc2C1(CCCCCCC)CCCCCCC. The van der Waals surface area contributed by atoms with Crippen LogP contribution in [0.4, 0.5) is 17.1 Å². The highest BCUT2D eigenvalue weighted by Crippen LogP contribution is 2.68. The van der Waals surface area contributed by atoms with E-state index in [0.29, 0.717) is 0 Å². The minimum atomic E-state index is -0.307. The lowest BCUT2D eigenvalue weighted by molar-refractivity contribution is 0.369. The van der Waals surface area contributed by atoms with Gasteiger partial charge in [-0.3, -0.25) is 0 Å². The van der Waals surface area contributed by atoms with Crippen LogP contribution in [-0.4, -0.2) is 0 Å². The molecule has 0 saturated carbocycles. The smallest absolute Gasteiger partial charge is 0.144 e. The molecule has 0 saturated heterocycles. The third kappa shape index (κ3) is 10.6. The van der Waals surface area contributed by atoms with Gasteiger partial charge in [0.1, 0.15) is 22.3 Å². The summed E-state index contributed by atoms with van der Waals surface area (Å²) in [4.78, 5) is 2.67. The van der Waals surface area contributed by atoms with E-state index in [0.717, 1.165) is 35.2 Å². The Kier molecular flexibility index (Phi) is 17.5. The van der Waals surface area contributed by atoms with Crippen LogP contribution >= 0.6 is 0 Å². The molecule has 0 aliphatic heterocycles. The van der Waals surface area contributed by atoms with Crippen molar-refractivity contribution in [2.45, 2.75) is 231 Å². The van der Waals surface area contributed by atoms with Gasteiger partial charge >= 0.3 is 0 Å². The fraction of sp³-hybridized carbons (Fsp3) is 0.375. The van der Waals surface area contributed by atoms with Crippen LogP contribution in [0.2, 0.25) is 0 Å². The molecule has 99 heavy (non-hydrogen) atoms. The van der Waals surface area contributed by atoms with Crippen LogP contribution in [0.15, 0.2) is 197 Å². The van der Waals surface area contributed by atoms with Gasteiger partial charge in [0, 0.05) is 65.7 Å². The largest absolute Gasteiger partial charge is 0.456 e. The van der Waals surface area contributed by atoms with Crippen LogP contribution in [0.25, 0.3) is 99.5 Å². The molecule has 2 aromatic heterocycles. The Morgan fingerprint density at radius 3 is 1.40 bits per heavy atom. The van der Waals surface area contributed by atoms with E-state index >= 15 is 0 Å². The molecule has 3 heteroatoms. The normalized spacial score (nSPS) is 15.2. The van der Waals surface area contributed by atoms with Crippen molar-refractivity contribution >= 4 is 60.9 Å². The average Bonchev–Trinajstić information content (AvgIpc) is 1.47. The summed E-state index contributed by atoms with van der Waals surface area (Å²) >= 11 is 0. The van der Waals surface area contributed by atoms with E-state index in [4.69, 9.17) is 8.83 Å². The predicted molar refractivity (Wildman–Crippen MR) is 422 cm³/mol. The van der Waals surface area contributed by atoms with E-state index in [1.807, 2.05) is 0 Å². The molecule has 0 unspecified atom stereocenters. The van der Waals surface area contributed by atoms with Gasteiger partial charge in [-0.15, -0.1) is 0 Å². The summed E-state index contributed by atoms with van der Waals surface area (Å²) < 4.78 is 14.3. The van der Waals surface area contributed by atoms with Gasteiger partial charge in [0.25, 0.3) is 0 Å². The third-order valence-electron chi connectivity index (χ3n) is 24.8. The fourth-order valence-electron chi connectivity index (χ4n) is 19.9. The lowest BCUT2D eigenvalue weighted by atomic mass is 9.62. The summed E-state index contributed by atoms with van der Waals surface area (Å²) in [5.41, 5.74) is 32.1. The Bertz CT molecular complexity index is 4970. The second kappa shape index (κ2) is 26.6. The lowest BCUT2D eigenvalue weighted by Crippen LogP contribution is -2.33. The summed E-state index contributed by atoms with van der Waals surface area (Å²) in [6.45, 7) is 19.3. The summed E-state index contributed by atoms with van der Waals surface area (Å²) in [5.74, 6) is 0. The molecule has 0 fully saturated rings. The summed E-state index contributed by atoms with van der Waals surface area (Å²) in [7, 11) is 0. The molecular weight excluding hydrogens is 1200 g/mol. The van der Waals surface area contributed by atoms with Crippen LogP contribution in [0.1, 0.15) is 254 Å². The Balaban J connectivity index is 0.936. The van der Waals surface area contributed by atoms with E-state index in [9.17, 15) is 0 Å². The van der Waals surface area contributed by atoms with E-state index in [-0.39, 0.29) is 21.7 Å². The van der Waals surface area contributed by atoms with Crippen molar-refractivity contribution < 1.29 is 8.83 Å². The summed E-state index contributed by atoms with van der Waals surface area (Å²) in [6, 6.07) is 73.2. The van der Waals surface area contributed by atoms with Gasteiger partial charge in [-0.05, 0) is 175 Å². The van der Waals surface area contributed by atoms with Gasteiger partial charge in [-0.1, -0.05) is 311 Å². The molecular formula is C96H103NO2. The maximum atomic E-state index is 7.66. The van der Waals surface area contributed by atoms with Crippen molar-refractivity contribution in [3.05, 3.63) is 233 Å². The second-order valence-corrected chi connectivity index (χ2v) is 31.5. The fourth-order valence-corrected chi connectivity index (χ4v) is 19.9. The average molecular weight is 1300 g/mol. The first kappa shape index (κ1) is 65.2. The second-order valence-electron chi connectivity index (χ2n) is 31.5. The van der Waals surface area contributed by atoms with Crippen molar-refractivity contribution in [3.8, 4) is 55.6 Å². The molecule has 0 amide bonds. The van der Waals surface area contributed by atoms with Gasteiger partial charge in [0.05, 0.1) is 5.69 Å². The monoisotopic (exact) mass is 1300 g/mol. The summed E-state index contributed by atoms with van der Waals surface area (Å²) in [5, 5.41) is 5.02. The molecule has 0 spiro atoms. The first-order valence-corrected chi connectivity index (χ1v) is 39.0. The number of anilines is 3. The highest BCUT2D eigenvalue weighted by Gasteiger charge is 2.54. The zero-order valence-electron chi connectivity index (χ0n) is 60.6. The highest BCUT2D eigenvalue weighted by atomic mass is 16.3. The Morgan fingerprint density at radius 1 is 0.303 bits per heavy atom. The maximum Gasteiger partial charge on any atom is 0.144 e. The topological polar surface area (TPSA) is 29.5 Å². The van der Waals surface area contributed by atoms with Crippen LogP contribution in [0.3, 0.4) is 0 Å². The number of para-hydroxylation sites is 3. The first-order valence-electron chi connectivity index (χ1n) is 39.0. The molecule has 16 rings (SSSR count). The third-order valence-corrected chi connectivity index (χ3v) is 24.8. The first-order chi connectivity index (χ1) is 48.5. The predicted octanol–water partition coefficient (Wildman–Crippen LogP) is 29.2. The molecule has 3 nitrogen and oxygen atoms in total. The maximum absolute atomic E-state index is 7.66. The molecule has 12 aromatic rings. The van der Waals surface area contributed by atoms with Gasteiger partial charge in [0.2, 0.25) is 0 Å². The van der Waals surface area contributed by atoms with E-state index in [2.05, 4.69) is 248 Å². The molecule has 4 aliphatic carbocycles. The number of benzene rings is 10. The molecule has 0 atom stereocenters. The number of hydrogen-bond donors (Lipinski definition) is 0. The van der Waals surface area contributed by atoms with Gasteiger partial charge in [-0.2, -0.15) is 0 Å². The van der Waals surface area contributed by atoms with Crippen LogP contribution in [-0.2, 0) is 21.7 Å². The van der Waals surface area contributed by atoms with Gasteiger partial charge in [0.15, 0.2) is 0 Å². The Morgan fingerprint density at radius 2 is 0.768 bits per heavy atom. The van der Waals surface area contributed by atoms with Crippen LogP contribution in [0, 0.1) is 0 Å². The molecule has 2 heterocycles. The van der Waals surface area contributed by atoms with Crippen molar-refractivity contribution in [1.29, 1.82) is 0 Å². The van der Waals surface area contributed by atoms with E-state index in [1.165, 1.54) is 263 Å². The number of unbranched alkanes of at least 4 members (excludes halogenated alkanes) is 16. The van der Waals surface area contributed by atoms with E-state index in [1.54, 1.807) is 16.7 Å². The number of fused-ring (bicyclic) bond motifs is 22. The number of rotatable bonds is 28. The van der Waals surface area contributed by atoms with Gasteiger partial charge < -0.3 is 13.7 Å². The van der Waals surface area contributed by atoms with E-state index < -0.39 is 0 Å². The van der Waals surface area contributed by atoms with Crippen LogP contribution < -0.4 is 4.90 Å². The Hall–Kier alpha value is -8.40. The number of furan rings is 2.